The Bertz CT molecular complexity index is 484. The summed E-state index contributed by atoms with van der Waals surface area (Å²) in [7, 11) is 0. The van der Waals surface area contributed by atoms with E-state index in [9.17, 15) is 0 Å². The molecule has 0 saturated carbocycles. The van der Waals surface area contributed by atoms with Crippen molar-refractivity contribution in [3.63, 3.8) is 0 Å². The molecule has 16 heavy (non-hydrogen) atoms. The molecular weight excluding hydrogens is 220 g/mol. The number of hydrogen-bond donors (Lipinski definition) is 1. The van der Waals surface area contributed by atoms with Crippen LogP contribution in [0, 0.1) is 0 Å². The number of ether oxygens (including phenoxy) is 1. The number of para-hydroxylation sites is 1. The molecule has 1 aromatic heterocycles. The van der Waals surface area contributed by atoms with E-state index < -0.39 is 0 Å². The normalized spacial score (nSPS) is 23.6. The molecule has 1 aliphatic rings. The summed E-state index contributed by atoms with van der Waals surface area (Å²) in [5, 5.41) is 0. The van der Waals surface area contributed by atoms with Crippen molar-refractivity contribution < 1.29 is 4.74 Å². The maximum absolute atomic E-state index is 6.15. The molecule has 4 heteroatoms. The van der Waals surface area contributed by atoms with Gasteiger partial charge in [-0.2, -0.15) is 0 Å². The summed E-state index contributed by atoms with van der Waals surface area (Å²) in [6.07, 6.45) is 2.73. The third kappa shape index (κ3) is 1.60. The van der Waals surface area contributed by atoms with Crippen molar-refractivity contribution in [2.75, 3.05) is 0 Å². The first kappa shape index (κ1) is 9.81. The molecule has 2 aromatic rings. The molecule has 0 radical (unpaired) electrons. The van der Waals surface area contributed by atoms with Crippen LogP contribution in [0.4, 0.5) is 0 Å². The Hall–Kier alpha value is -1.39. The molecule has 82 valence electrons. The molecule has 1 aromatic carbocycles. The molecule has 1 aliphatic heterocycles. The molecule has 0 fully saturated rings. The quantitative estimate of drug-likeness (QED) is 0.822. The lowest BCUT2D eigenvalue weighted by molar-refractivity contribution is 0.164. The number of rotatable bonds is 1. The van der Waals surface area contributed by atoms with Crippen LogP contribution in [0.1, 0.15) is 29.0 Å². The van der Waals surface area contributed by atoms with Gasteiger partial charge in [-0.1, -0.05) is 18.2 Å². The summed E-state index contributed by atoms with van der Waals surface area (Å²) >= 11 is 1.61. The van der Waals surface area contributed by atoms with Gasteiger partial charge in [-0.15, -0.1) is 11.3 Å². The summed E-state index contributed by atoms with van der Waals surface area (Å²) in [6.45, 7) is 0. The first-order valence-electron chi connectivity index (χ1n) is 5.24. The molecule has 3 nitrogen and oxygen atoms in total. The summed E-state index contributed by atoms with van der Waals surface area (Å²) < 4.78 is 5.94. The molecule has 0 aliphatic carbocycles. The topological polar surface area (TPSA) is 48.1 Å². The van der Waals surface area contributed by atoms with E-state index in [-0.39, 0.29) is 12.1 Å². The Kier molecular flexibility index (Phi) is 2.38. The van der Waals surface area contributed by atoms with Crippen LogP contribution in [-0.2, 0) is 0 Å². The summed E-state index contributed by atoms with van der Waals surface area (Å²) in [5.41, 5.74) is 9.07. The van der Waals surface area contributed by atoms with Crippen molar-refractivity contribution >= 4 is 11.3 Å². The highest BCUT2D eigenvalue weighted by atomic mass is 32.1. The lowest BCUT2D eigenvalue weighted by Gasteiger charge is -2.29. The Morgan fingerprint density at radius 3 is 3.06 bits per heavy atom. The number of hydrogen-bond acceptors (Lipinski definition) is 4. The lowest BCUT2D eigenvalue weighted by Crippen LogP contribution is -2.23. The molecular formula is C12H12N2OS. The van der Waals surface area contributed by atoms with Crippen LogP contribution in [0.2, 0.25) is 0 Å². The second-order valence-corrected chi connectivity index (χ2v) is 4.81. The number of aromatic nitrogens is 1. The maximum atomic E-state index is 6.15. The van der Waals surface area contributed by atoms with Crippen molar-refractivity contribution in [3.05, 3.63) is 46.4 Å². The van der Waals surface area contributed by atoms with E-state index in [2.05, 4.69) is 4.98 Å². The van der Waals surface area contributed by atoms with E-state index in [4.69, 9.17) is 10.5 Å². The van der Waals surface area contributed by atoms with E-state index in [0.717, 1.165) is 22.6 Å². The Morgan fingerprint density at radius 1 is 1.38 bits per heavy atom. The van der Waals surface area contributed by atoms with Gasteiger partial charge in [0, 0.05) is 24.2 Å². The van der Waals surface area contributed by atoms with Crippen molar-refractivity contribution in [1.29, 1.82) is 0 Å². The van der Waals surface area contributed by atoms with Crippen LogP contribution in [0.25, 0.3) is 0 Å². The van der Waals surface area contributed by atoms with E-state index in [0.29, 0.717) is 0 Å². The minimum absolute atomic E-state index is 0.0528. The van der Waals surface area contributed by atoms with Gasteiger partial charge in [-0.25, -0.2) is 0 Å². The average Bonchev–Trinajstić information content (AvgIpc) is 2.82. The Balaban J connectivity index is 1.95. The number of fused-ring (bicyclic) bond motifs is 1. The SMILES string of the molecule is N[C@H]1CC(c2cncs2)Oc2ccccc21. The van der Waals surface area contributed by atoms with Gasteiger partial charge in [0.2, 0.25) is 0 Å². The van der Waals surface area contributed by atoms with Gasteiger partial charge in [-0.05, 0) is 6.07 Å². The van der Waals surface area contributed by atoms with Crippen molar-refractivity contribution in [2.45, 2.75) is 18.6 Å². The summed E-state index contributed by atoms with van der Waals surface area (Å²) in [6, 6.07) is 8.03. The number of nitrogens with two attached hydrogens (primary N) is 1. The standard InChI is InChI=1S/C12H12N2OS/c13-9-5-11(12-6-14-7-16-12)15-10-4-2-1-3-8(9)10/h1-4,6-7,9,11H,5,13H2/t9-,11?/m0/s1. The summed E-state index contributed by atoms with van der Waals surface area (Å²) in [4.78, 5) is 5.22. The van der Waals surface area contributed by atoms with Crippen LogP contribution in [0.15, 0.2) is 36.0 Å². The second-order valence-electron chi connectivity index (χ2n) is 3.89. The molecule has 0 saturated heterocycles. The van der Waals surface area contributed by atoms with Crippen LogP contribution in [0.3, 0.4) is 0 Å². The number of thiazole rings is 1. The molecule has 0 bridgehead atoms. The molecule has 0 amide bonds. The monoisotopic (exact) mass is 232 g/mol. The highest BCUT2D eigenvalue weighted by Gasteiger charge is 2.27. The Morgan fingerprint density at radius 2 is 2.25 bits per heavy atom. The molecule has 2 atom stereocenters. The van der Waals surface area contributed by atoms with E-state index >= 15 is 0 Å². The smallest absolute Gasteiger partial charge is 0.136 e. The largest absolute Gasteiger partial charge is 0.484 e. The predicted molar refractivity (Wildman–Crippen MR) is 63.5 cm³/mol. The zero-order valence-corrected chi connectivity index (χ0v) is 9.48. The van der Waals surface area contributed by atoms with Crippen molar-refractivity contribution in [1.82, 2.24) is 4.98 Å². The second kappa shape index (κ2) is 3.88. The molecule has 2 heterocycles. The number of nitrogens with zero attached hydrogens (tertiary/aromatic N) is 1. The van der Waals surface area contributed by atoms with Gasteiger partial charge in [0.15, 0.2) is 0 Å². The maximum Gasteiger partial charge on any atom is 0.136 e. The highest BCUT2D eigenvalue weighted by molar-refractivity contribution is 7.09. The van der Waals surface area contributed by atoms with Crippen molar-refractivity contribution in [2.24, 2.45) is 5.73 Å². The highest BCUT2D eigenvalue weighted by Crippen LogP contribution is 2.40. The third-order valence-electron chi connectivity index (χ3n) is 2.82. The summed E-state index contributed by atoms with van der Waals surface area (Å²) in [5.74, 6) is 0.902. The van der Waals surface area contributed by atoms with Crippen LogP contribution < -0.4 is 10.5 Å². The average molecular weight is 232 g/mol. The van der Waals surface area contributed by atoms with Gasteiger partial charge in [0.1, 0.15) is 11.9 Å². The van der Waals surface area contributed by atoms with Crippen LogP contribution >= 0.6 is 11.3 Å². The van der Waals surface area contributed by atoms with E-state index in [1.807, 2.05) is 36.0 Å². The fourth-order valence-corrected chi connectivity index (χ4v) is 2.67. The van der Waals surface area contributed by atoms with Gasteiger partial charge >= 0.3 is 0 Å². The Labute approximate surface area is 97.9 Å². The fourth-order valence-electron chi connectivity index (χ4n) is 2.01. The third-order valence-corrected chi connectivity index (χ3v) is 3.69. The minimum Gasteiger partial charge on any atom is -0.484 e. The first-order chi connectivity index (χ1) is 7.84. The zero-order chi connectivity index (χ0) is 11.0. The van der Waals surface area contributed by atoms with E-state index in [1.165, 1.54) is 0 Å². The van der Waals surface area contributed by atoms with Gasteiger partial charge in [0.25, 0.3) is 0 Å². The molecule has 3 rings (SSSR count). The fraction of sp³-hybridized carbons (Fsp3) is 0.250. The zero-order valence-electron chi connectivity index (χ0n) is 8.67. The van der Waals surface area contributed by atoms with Gasteiger partial charge in [0.05, 0.1) is 10.4 Å². The van der Waals surface area contributed by atoms with Crippen LogP contribution in [-0.4, -0.2) is 4.98 Å². The number of benzene rings is 1. The molecule has 0 spiro atoms. The van der Waals surface area contributed by atoms with Crippen molar-refractivity contribution in [3.8, 4) is 5.75 Å². The first-order valence-corrected chi connectivity index (χ1v) is 6.12. The van der Waals surface area contributed by atoms with Gasteiger partial charge < -0.3 is 10.5 Å². The molecule has 1 unspecified atom stereocenters. The minimum atomic E-state index is 0.0528. The lowest BCUT2D eigenvalue weighted by atomic mass is 9.97. The van der Waals surface area contributed by atoms with Crippen LogP contribution in [0.5, 0.6) is 5.75 Å². The van der Waals surface area contributed by atoms with Gasteiger partial charge in [-0.3, -0.25) is 4.98 Å². The molecule has 2 N–H and O–H groups in total. The predicted octanol–water partition coefficient (Wildman–Crippen LogP) is 2.67. The van der Waals surface area contributed by atoms with E-state index in [1.54, 1.807) is 11.3 Å².